The molecule has 0 atom stereocenters. The molecule has 0 bridgehead atoms. The molecule has 23 heavy (non-hydrogen) atoms. The van der Waals surface area contributed by atoms with E-state index in [4.69, 9.17) is 0 Å². The lowest BCUT2D eigenvalue weighted by molar-refractivity contribution is -0.384. The van der Waals surface area contributed by atoms with Gasteiger partial charge >= 0.3 is 0 Å². The third kappa shape index (κ3) is 3.07. The Hall–Kier alpha value is -2.73. The lowest BCUT2D eigenvalue weighted by Crippen LogP contribution is -1.88. The fourth-order valence-corrected chi connectivity index (χ4v) is 2.74. The molecule has 3 rings (SSSR count). The maximum Gasteiger partial charge on any atom is 0.270 e. The van der Waals surface area contributed by atoms with Crippen LogP contribution in [0.15, 0.2) is 64.1 Å². The summed E-state index contributed by atoms with van der Waals surface area (Å²) in [5.41, 5.74) is 1.14. The van der Waals surface area contributed by atoms with Gasteiger partial charge in [-0.05, 0) is 38.8 Å². The van der Waals surface area contributed by atoms with E-state index in [-0.39, 0.29) is 11.4 Å². The van der Waals surface area contributed by atoms with Gasteiger partial charge in [0.1, 0.15) is 5.75 Å². The summed E-state index contributed by atoms with van der Waals surface area (Å²) in [4.78, 5) is 14.6. The molecule has 3 aromatic carbocycles. The summed E-state index contributed by atoms with van der Waals surface area (Å²) >= 11 is 3.28. The van der Waals surface area contributed by atoms with E-state index in [0.717, 1.165) is 10.8 Å². The standard InChI is InChI=1S/C17H11BrN2O3/c18-15-9-12(20(22)23)6-7-16(15)19-10-14-13-4-2-1-3-11(13)5-8-17(14)21/h1-10,21H. The molecule has 0 aliphatic heterocycles. The summed E-state index contributed by atoms with van der Waals surface area (Å²) in [5, 5.41) is 22.7. The molecule has 114 valence electrons. The van der Waals surface area contributed by atoms with E-state index in [1.165, 1.54) is 12.1 Å². The molecule has 0 spiro atoms. The zero-order chi connectivity index (χ0) is 16.4. The topological polar surface area (TPSA) is 75.7 Å². The first-order chi connectivity index (χ1) is 11.1. The number of phenols is 1. The van der Waals surface area contributed by atoms with Crippen molar-refractivity contribution in [1.29, 1.82) is 0 Å². The van der Waals surface area contributed by atoms with Crippen LogP contribution in [0.1, 0.15) is 5.56 Å². The fraction of sp³-hybridized carbons (Fsp3) is 0. The number of hydrogen-bond acceptors (Lipinski definition) is 4. The number of nitro benzene ring substituents is 1. The van der Waals surface area contributed by atoms with Gasteiger partial charge < -0.3 is 5.11 Å². The van der Waals surface area contributed by atoms with Crippen LogP contribution in [0.4, 0.5) is 11.4 Å². The van der Waals surface area contributed by atoms with E-state index in [2.05, 4.69) is 20.9 Å². The number of nitro groups is 1. The zero-order valence-electron chi connectivity index (χ0n) is 11.8. The number of halogens is 1. The highest BCUT2D eigenvalue weighted by molar-refractivity contribution is 9.10. The Labute approximate surface area is 140 Å². The lowest BCUT2D eigenvalue weighted by atomic mass is 10.0. The van der Waals surface area contributed by atoms with Crippen molar-refractivity contribution in [3.63, 3.8) is 0 Å². The van der Waals surface area contributed by atoms with Gasteiger partial charge in [0.05, 0.1) is 10.6 Å². The second-order valence-electron chi connectivity index (χ2n) is 4.87. The summed E-state index contributed by atoms with van der Waals surface area (Å²) < 4.78 is 0.516. The molecule has 0 fully saturated rings. The number of benzene rings is 3. The Morgan fingerprint density at radius 2 is 1.91 bits per heavy atom. The average Bonchev–Trinajstić information content (AvgIpc) is 2.55. The van der Waals surface area contributed by atoms with E-state index in [9.17, 15) is 15.2 Å². The van der Waals surface area contributed by atoms with E-state index in [1.54, 1.807) is 18.3 Å². The van der Waals surface area contributed by atoms with Crippen molar-refractivity contribution in [2.75, 3.05) is 0 Å². The summed E-state index contributed by atoms with van der Waals surface area (Å²) in [5.74, 6) is 0.130. The summed E-state index contributed by atoms with van der Waals surface area (Å²) in [6.45, 7) is 0. The highest BCUT2D eigenvalue weighted by Crippen LogP contribution is 2.31. The number of nitrogens with zero attached hydrogens (tertiary/aromatic N) is 2. The van der Waals surface area contributed by atoms with Crippen LogP contribution in [-0.4, -0.2) is 16.2 Å². The lowest BCUT2D eigenvalue weighted by Gasteiger charge is -2.05. The molecular weight excluding hydrogens is 360 g/mol. The fourth-order valence-electron chi connectivity index (χ4n) is 2.27. The second kappa shape index (κ2) is 6.18. The van der Waals surface area contributed by atoms with Crippen LogP contribution < -0.4 is 0 Å². The van der Waals surface area contributed by atoms with Gasteiger partial charge in [0.25, 0.3) is 5.69 Å². The quantitative estimate of drug-likeness (QED) is 0.401. The number of phenolic OH excluding ortho intramolecular Hbond substituents is 1. The molecule has 0 heterocycles. The molecule has 0 saturated carbocycles. The second-order valence-corrected chi connectivity index (χ2v) is 5.72. The minimum absolute atomic E-state index is 0.0103. The van der Waals surface area contributed by atoms with Crippen molar-refractivity contribution in [3.8, 4) is 5.75 Å². The van der Waals surface area contributed by atoms with Crippen LogP contribution in [0.2, 0.25) is 0 Å². The van der Waals surface area contributed by atoms with Gasteiger partial charge in [-0.2, -0.15) is 0 Å². The zero-order valence-corrected chi connectivity index (χ0v) is 13.4. The molecule has 0 aromatic heterocycles. The number of non-ortho nitro benzene ring substituents is 1. The van der Waals surface area contributed by atoms with Crippen molar-refractivity contribution in [2.24, 2.45) is 4.99 Å². The van der Waals surface area contributed by atoms with Crippen LogP contribution in [0.3, 0.4) is 0 Å². The first-order valence-corrected chi connectivity index (χ1v) is 7.54. The first kappa shape index (κ1) is 15.2. The Morgan fingerprint density at radius 1 is 1.13 bits per heavy atom. The maximum absolute atomic E-state index is 10.7. The normalized spacial score (nSPS) is 11.2. The molecular formula is C17H11BrN2O3. The average molecular weight is 371 g/mol. The molecule has 0 amide bonds. The Kier molecular flexibility index (Phi) is 4.08. The number of fused-ring (bicyclic) bond motifs is 1. The third-order valence-electron chi connectivity index (χ3n) is 3.42. The van der Waals surface area contributed by atoms with Gasteiger partial charge in [-0.25, -0.2) is 0 Å². The molecule has 0 radical (unpaired) electrons. The van der Waals surface area contributed by atoms with Gasteiger partial charge in [-0.1, -0.05) is 30.3 Å². The van der Waals surface area contributed by atoms with Gasteiger partial charge in [0.15, 0.2) is 0 Å². The van der Waals surface area contributed by atoms with Crippen LogP contribution in [0.5, 0.6) is 5.75 Å². The molecule has 3 aromatic rings. The molecule has 1 N–H and O–H groups in total. The maximum atomic E-state index is 10.7. The van der Waals surface area contributed by atoms with E-state index >= 15 is 0 Å². The van der Waals surface area contributed by atoms with Crippen molar-refractivity contribution in [1.82, 2.24) is 0 Å². The van der Waals surface area contributed by atoms with Crippen LogP contribution in [0, 0.1) is 10.1 Å². The molecule has 0 unspecified atom stereocenters. The van der Waals surface area contributed by atoms with Crippen molar-refractivity contribution in [2.45, 2.75) is 0 Å². The van der Waals surface area contributed by atoms with Crippen LogP contribution >= 0.6 is 15.9 Å². The van der Waals surface area contributed by atoms with Gasteiger partial charge in [0, 0.05) is 28.4 Å². The molecule has 0 aliphatic carbocycles. The van der Waals surface area contributed by atoms with Crippen LogP contribution in [0.25, 0.3) is 10.8 Å². The molecule has 0 saturated heterocycles. The molecule has 0 aliphatic rings. The Balaban J connectivity index is 2.04. The predicted octanol–water partition coefficient (Wildman–Crippen LogP) is 4.97. The largest absolute Gasteiger partial charge is 0.507 e. The van der Waals surface area contributed by atoms with E-state index in [1.807, 2.05) is 30.3 Å². The number of aromatic hydroxyl groups is 1. The monoisotopic (exact) mass is 370 g/mol. The van der Waals surface area contributed by atoms with Crippen LogP contribution in [-0.2, 0) is 0 Å². The van der Waals surface area contributed by atoms with Gasteiger partial charge in [-0.15, -0.1) is 0 Å². The van der Waals surface area contributed by atoms with Gasteiger partial charge in [0.2, 0.25) is 0 Å². The smallest absolute Gasteiger partial charge is 0.270 e. The van der Waals surface area contributed by atoms with E-state index in [0.29, 0.717) is 15.7 Å². The highest BCUT2D eigenvalue weighted by Gasteiger charge is 2.09. The minimum atomic E-state index is -0.464. The molecule has 5 nitrogen and oxygen atoms in total. The van der Waals surface area contributed by atoms with Crippen molar-refractivity contribution >= 4 is 44.3 Å². The summed E-state index contributed by atoms with van der Waals surface area (Å²) in [6.07, 6.45) is 1.56. The first-order valence-electron chi connectivity index (χ1n) is 6.75. The summed E-state index contributed by atoms with van der Waals surface area (Å²) in [6, 6.07) is 15.5. The summed E-state index contributed by atoms with van der Waals surface area (Å²) in [7, 11) is 0. The number of rotatable bonds is 3. The SMILES string of the molecule is O=[N+]([O-])c1ccc(N=Cc2c(O)ccc3ccccc23)c(Br)c1. The van der Waals surface area contributed by atoms with E-state index < -0.39 is 4.92 Å². The van der Waals surface area contributed by atoms with Gasteiger partial charge in [-0.3, -0.25) is 15.1 Å². The Morgan fingerprint density at radius 3 is 2.65 bits per heavy atom. The Bertz CT molecular complexity index is 938. The number of aliphatic imine (C=N–C) groups is 1. The molecule has 6 heteroatoms. The number of hydrogen-bond donors (Lipinski definition) is 1. The third-order valence-corrected chi connectivity index (χ3v) is 4.06. The highest BCUT2D eigenvalue weighted by atomic mass is 79.9. The van der Waals surface area contributed by atoms with Crippen molar-refractivity contribution in [3.05, 3.63) is 74.7 Å². The van der Waals surface area contributed by atoms with Crippen molar-refractivity contribution < 1.29 is 10.0 Å². The minimum Gasteiger partial charge on any atom is -0.507 e. The predicted molar refractivity (Wildman–Crippen MR) is 93.7 cm³/mol.